The highest BCUT2D eigenvalue weighted by molar-refractivity contribution is 5.24. The van der Waals surface area contributed by atoms with Crippen LogP contribution in [0.15, 0.2) is 0 Å². The maximum atomic E-state index is 4.84. The van der Waals surface area contributed by atoms with Crippen molar-refractivity contribution in [3.8, 4) is 0 Å². The number of nitrogens with zero attached hydrogens (tertiary/aromatic N) is 2. The van der Waals surface area contributed by atoms with Crippen LogP contribution in [-0.2, 0) is 19.4 Å². The number of aryl methyl sites for hydroxylation is 1. The molecule has 1 fully saturated rings. The highest BCUT2D eigenvalue weighted by atomic mass is 15.1. The lowest BCUT2D eigenvalue weighted by Gasteiger charge is -2.13. The van der Waals surface area contributed by atoms with Crippen LogP contribution in [0, 0.1) is 0 Å². The van der Waals surface area contributed by atoms with E-state index >= 15 is 0 Å². The average Bonchev–Trinajstić information content (AvgIpc) is 2.93. The van der Waals surface area contributed by atoms with E-state index in [0.29, 0.717) is 6.04 Å². The Morgan fingerprint density at radius 1 is 1.40 bits per heavy atom. The molecule has 0 amide bonds. The molecule has 1 atom stereocenters. The van der Waals surface area contributed by atoms with Gasteiger partial charge in [0.1, 0.15) is 5.82 Å². The SMILES string of the molecule is CCn1c(C2CCCN2)nc2c1CCC2. The zero-order valence-corrected chi connectivity index (χ0v) is 9.42. The maximum Gasteiger partial charge on any atom is 0.126 e. The number of hydrogen-bond donors (Lipinski definition) is 1. The van der Waals surface area contributed by atoms with E-state index in [1.54, 1.807) is 0 Å². The number of nitrogens with one attached hydrogen (secondary N) is 1. The molecule has 3 nitrogen and oxygen atoms in total. The highest BCUT2D eigenvalue weighted by Crippen LogP contribution is 2.29. The van der Waals surface area contributed by atoms with Crippen LogP contribution in [0.1, 0.15) is 49.4 Å². The molecule has 0 bridgehead atoms. The van der Waals surface area contributed by atoms with Crippen LogP contribution in [0.5, 0.6) is 0 Å². The number of aromatic nitrogens is 2. The molecular formula is C12H19N3. The number of hydrogen-bond acceptors (Lipinski definition) is 2. The van der Waals surface area contributed by atoms with Crippen molar-refractivity contribution in [1.29, 1.82) is 0 Å². The largest absolute Gasteiger partial charge is 0.331 e. The van der Waals surface area contributed by atoms with Gasteiger partial charge >= 0.3 is 0 Å². The Morgan fingerprint density at radius 2 is 2.33 bits per heavy atom. The lowest BCUT2D eigenvalue weighted by molar-refractivity contribution is 0.546. The smallest absolute Gasteiger partial charge is 0.126 e. The van der Waals surface area contributed by atoms with Gasteiger partial charge in [0.05, 0.1) is 11.7 Å². The fourth-order valence-corrected chi connectivity index (χ4v) is 2.98. The number of rotatable bonds is 2. The van der Waals surface area contributed by atoms with Crippen LogP contribution in [0.4, 0.5) is 0 Å². The minimum absolute atomic E-state index is 0.524. The predicted octanol–water partition coefficient (Wildman–Crippen LogP) is 1.82. The summed E-state index contributed by atoms with van der Waals surface area (Å²) in [4.78, 5) is 4.84. The molecule has 3 heteroatoms. The van der Waals surface area contributed by atoms with Crippen LogP contribution < -0.4 is 5.32 Å². The van der Waals surface area contributed by atoms with E-state index < -0.39 is 0 Å². The minimum atomic E-state index is 0.524. The topological polar surface area (TPSA) is 29.9 Å². The molecule has 1 N–H and O–H groups in total. The molecule has 0 radical (unpaired) electrons. The molecule has 0 spiro atoms. The molecule has 2 heterocycles. The lowest BCUT2D eigenvalue weighted by Crippen LogP contribution is -2.18. The van der Waals surface area contributed by atoms with E-state index in [1.807, 2.05) is 0 Å². The van der Waals surface area contributed by atoms with Crippen molar-refractivity contribution in [3.05, 3.63) is 17.2 Å². The second kappa shape index (κ2) is 3.63. The van der Waals surface area contributed by atoms with Gasteiger partial charge in [0, 0.05) is 12.2 Å². The standard InChI is InChI=1S/C12H19N3/c1-2-15-11-7-3-5-9(11)14-12(15)10-6-4-8-13-10/h10,13H,2-8H2,1H3. The van der Waals surface area contributed by atoms with Crippen LogP contribution >= 0.6 is 0 Å². The third-order valence-electron chi connectivity index (χ3n) is 3.70. The summed E-state index contributed by atoms with van der Waals surface area (Å²) in [6.07, 6.45) is 6.29. The van der Waals surface area contributed by atoms with Crippen LogP contribution in [0.2, 0.25) is 0 Å². The summed E-state index contributed by atoms with van der Waals surface area (Å²) >= 11 is 0. The maximum absolute atomic E-state index is 4.84. The molecule has 1 aliphatic carbocycles. The molecule has 0 aromatic carbocycles. The Hall–Kier alpha value is -0.830. The molecule has 3 rings (SSSR count). The van der Waals surface area contributed by atoms with Gasteiger partial charge < -0.3 is 9.88 Å². The highest BCUT2D eigenvalue weighted by Gasteiger charge is 2.26. The summed E-state index contributed by atoms with van der Waals surface area (Å²) in [5.41, 5.74) is 2.89. The first-order chi connectivity index (χ1) is 7.40. The van der Waals surface area contributed by atoms with E-state index in [-0.39, 0.29) is 0 Å². The average molecular weight is 205 g/mol. The Morgan fingerprint density at radius 3 is 3.07 bits per heavy atom. The van der Waals surface area contributed by atoms with Gasteiger partial charge in [-0.15, -0.1) is 0 Å². The molecule has 2 aliphatic rings. The summed E-state index contributed by atoms with van der Waals surface area (Å²) in [6.45, 7) is 4.47. The Balaban J connectivity index is 1.99. The van der Waals surface area contributed by atoms with Crippen molar-refractivity contribution in [1.82, 2.24) is 14.9 Å². The Labute approximate surface area is 90.9 Å². The van der Waals surface area contributed by atoms with Gasteiger partial charge in [-0.1, -0.05) is 0 Å². The lowest BCUT2D eigenvalue weighted by atomic mass is 10.2. The summed E-state index contributed by atoms with van der Waals surface area (Å²) in [7, 11) is 0. The molecule has 1 aromatic rings. The van der Waals surface area contributed by atoms with Gasteiger partial charge in [-0.05, 0) is 45.6 Å². The molecule has 0 saturated carbocycles. The Bertz CT molecular complexity index is 361. The number of imidazole rings is 1. The fraction of sp³-hybridized carbons (Fsp3) is 0.750. The normalized spacial score (nSPS) is 24.7. The second-order valence-electron chi connectivity index (χ2n) is 4.61. The first-order valence-electron chi connectivity index (χ1n) is 6.21. The Kier molecular flexibility index (Phi) is 2.28. The van der Waals surface area contributed by atoms with Gasteiger partial charge in [0.25, 0.3) is 0 Å². The first-order valence-corrected chi connectivity index (χ1v) is 6.21. The van der Waals surface area contributed by atoms with Crippen LogP contribution in [0.25, 0.3) is 0 Å². The summed E-state index contributed by atoms with van der Waals surface area (Å²) < 4.78 is 2.45. The van der Waals surface area contributed by atoms with E-state index in [2.05, 4.69) is 16.8 Å². The van der Waals surface area contributed by atoms with Crippen molar-refractivity contribution in [3.63, 3.8) is 0 Å². The van der Waals surface area contributed by atoms with Gasteiger partial charge in [0.2, 0.25) is 0 Å². The van der Waals surface area contributed by atoms with Crippen molar-refractivity contribution < 1.29 is 0 Å². The van der Waals surface area contributed by atoms with Gasteiger partial charge in [-0.25, -0.2) is 4.98 Å². The molecule has 82 valence electrons. The number of fused-ring (bicyclic) bond motifs is 1. The monoisotopic (exact) mass is 205 g/mol. The molecule has 1 aromatic heterocycles. The third-order valence-corrected chi connectivity index (χ3v) is 3.70. The van der Waals surface area contributed by atoms with E-state index in [1.165, 1.54) is 49.3 Å². The summed E-state index contributed by atoms with van der Waals surface area (Å²) in [5.74, 6) is 1.31. The fourth-order valence-electron chi connectivity index (χ4n) is 2.98. The van der Waals surface area contributed by atoms with E-state index in [4.69, 9.17) is 4.98 Å². The molecule has 1 unspecified atom stereocenters. The van der Waals surface area contributed by atoms with Gasteiger partial charge in [-0.3, -0.25) is 0 Å². The van der Waals surface area contributed by atoms with E-state index in [9.17, 15) is 0 Å². The van der Waals surface area contributed by atoms with Crippen molar-refractivity contribution in [2.45, 2.75) is 51.6 Å². The second-order valence-corrected chi connectivity index (χ2v) is 4.61. The predicted molar refractivity (Wildman–Crippen MR) is 59.9 cm³/mol. The van der Waals surface area contributed by atoms with Gasteiger partial charge in [-0.2, -0.15) is 0 Å². The van der Waals surface area contributed by atoms with Crippen LogP contribution in [-0.4, -0.2) is 16.1 Å². The first kappa shape index (κ1) is 9.40. The van der Waals surface area contributed by atoms with Crippen molar-refractivity contribution >= 4 is 0 Å². The van der Waals surface area contributed by atoms with Crippen molar-refractivity contribution in [2.75, 3.05) is 6.54 Å². The molecule has 1 aliphatic heterocycles. The third kappa shape index (κ3) is 1.41. The van der Waals surface area contributed by atoms with Crippen LogP contribution in [0.3, 0.4) is 0 Å². The molecular weight excluding hydrogens is 186 g/mol. The molecule has 1 saturated heterocycles. The quantitative estimate of drug-likeness (QED) is 0.798. The minimum Gasteiger partial charge on any atom is -0.331 e. The molecule has 15 heavy (non-hydrogen) atoms. The van der Waals surface area contributed by atoms with Gasteiger partial charge in [0.15, 0.2) is 0 Å². The summed E-state index contributed by atoms with van der Waals surface area (Å²) in [6, 6.07) is 0.524. The zero-order chi connectivity index (χ0) is 10.3. The summed E-state index contributed by atoms with van der Waals surface area (Å²) in [5, 5.41) is 3.55. The van der Waals surface area contributed by atoms with Crippen molar-refractivity contribution in [2.24, 2.45) is 0 Å². The zero-order valence-electron chi connectivity index (χ0n) is 9.42. The van der Waals surface area contributed by atoms with E-state index in [0.717, 1.165) is 13.1 Å².